The number of anilines is 1. The van der Waals surface area contributed by atoms with Gasteiger partial charge in [-0.15, -0.1) is 0 Å². The maximum Gasteiger partial charge on any atom is 0.244 e. The van der Waals surface area contributed by atoms with Gasteiger partial charge in [-0.25, -0.2) is 8.78 Å². The van der Waals surface area contributed by atoms with Gasteiger partial charge in [-0.05, 0) is 30.5 Å². The number of halogens is 2. The van der Waals surface area contributed by atoms with Crippen molar-refractivity contribution in [3.8, 4) is 0 Å². The number of nitrogens with one attached hydrogen (secondary N) is 1. The first-order valence-corrected chi connectivity index (χ1v) is 8.04. The molecule has 1 N–H and O–H groups in total. The molecule has 7 heteroatoms. The first kappa shape index (κ1) is 17.0. The summed E-state index contributed by atoms with van der Waals surface area (Å²) >= 11 is 0. The van der Waals surface area contributed by atoms with E-state index in [1.165, 1.54) is 12.1 Å². The Labute approximate surface area is 144 Å². The van der Waals surface area contributed by atoms with Gasteiger partial charge in [0, 0.05) is 49.9 Å². The fraction of sp³-hybridized carbons (Fsp3) is 0.278. The largest absolute Gasteiger partial charge is 0.371 e. The van der Waals surface area contributed by atoms with E-state index in [-0.39, 0.29) is 11.8 Å². The summed E-state index contributed by atoms with van der Waals surface area (Å²) in [4.78, 5) is 21.8. The average molecular weight is 344 g/mol. The van der Waals surface area contributed by atoms with E-state index in [0.717, 1.165) is 19.0 Å². The van der Waals surface area contributed by atoms with E-state index in [1.54, 1.807) is 30.7 Å². The fourth-order valence-corrected chi connectivity index (χ4v) is 2.78. The zero-order valence-corrected chi connectivity index (χ0v) is 13.5. The highest BCUT2D eigenvalue weighted by Crippen LogP contribution is 2.24. The van der Waals surface area contributed by atoms with E-state index in [2.05, 4.69) is 15.3 Å². The van der Waals surface area contributed by atoms with E-state index in [0.29, 0.717) is 24.5 Å². The zero-order valence-electron chi connectivity index (χ0n) is 13.5. The first-order valence-electron chi connectivity index (χ1n) is 8.04. The van der Waals surface area contributed by atoms with Crippen molar-refractivity contribution in [2.45, 2.75) is 6.42 Å². The van der Waals surface area contributed by atoms with Gasteiger partial charge >= 0.3 is 0 Å². The molecular formula is C18H18F2N4O. The number of rotatable bonds is 5. The highest BCUT2D eigenvalue weighted by molar-refractivity contribution is 5.91. The number of carbonyl (C=O) groups excluding carboxylic acids is 1. The summed E-state index contributed by atoms with van der Waals surface area (Å²) < 4.78 is 26.3. The van der Waals surface area contributed by atoms with Gasteiger partial charge in [0.05, 0.1) is 11.9 Å². The smallest absolute Gasteiger partial charge is 0.244 e. The van der Waals surface area contributed by atoms with E-state index in [9.17, 15) is 13.6 Å². The third kappa shape index (κ3) is 4.59. The Kier molecular flexibility index (Phi) is 5.33. The van der Waals surface area contributed by atoms with Crippen LogP contribution in [0, 0.1) is 17.6 Å². The van der Waals surface area contributed by atoms with Crippen molar-refractivity contribution in [3.63, 3.8) is 0 Å². The van der Waals surface area contributed by atoms with Crippen LogP contribution in [-0.4, -0.2) is 35.5 Å². The van der Waals surface area contributed by atoms with Gasteiger partial charge in [-0.1, -0.05) is 0 Å². The molecule has 1 saturated heterocycles. The Morgan fingerprint density at radius 1 is 1.32 bits per heavy atom. The molecule has 1 atom stereocenters. The molecule has 0 spiro atoms. The molecule has 0 aliphatic carbocycles. The van der Waals surface area contributed by atoms with Gasteiger partial charge in [0.2, 0.25) is 5.91 Å². The number of aromatic nitrogens is 2. The van der Waals surface area contributed by atoms with Crippen molar-refractivity contribution in [1.29, 1.82) is 0 Å². The molecule has 2 aromatic rings. The van der Waals surface area contributed by atoms with Gasteiger partial charge < -0.3 is 10.2 Å². The molecule has 1 aromatic carbocycles. The minimum Gasteiger partial charge on any atom is -0.371 e. The molecule has 1 aliphatic rings. The Bertz CT molecular complexity index is 767. The molecule has 0 bridgehead atoms. The standard InChI is InChI=1S/C18H18F2N4O/c19-16-3-2-15(9-17(16)20)24-8-5-13(12-24)10-23-18(25)4-1-14-11-21-6-7-22-14/h1-4,6-7,9,11,13H,5,8,10,12H2,(H,23,25). The third-order valence-electron chi connectivity index (χ3n) is 4.11. The molecular weight excluding hydrogens is 326 g/mol. The quantitative estimate of drug-likeness (QED) is 0.847. The van der Waals surface area contributed by atoms with Crippen molar-refractivity contribution >= 4 is 17.7 Å². The highest BCUT2D eigenvalue weighted by atomic mass is 19.2. The Balaban J connectivity index is 1.47. The molecule has 1 amide bonds. The highest BCUT2D eigenvalue weighted by Gasteiger charge is 2.23. The van der Waals surface area contributed by atoms with E-state index in [1.807, 2.05) is 4.90 Å². The Morgan fingerprint density at radius 2 is 2.20 bits per heavy atom. The summed E-state index contributed by atoms with van der Waals surface area (Å²) in [6, 6.07) is 3.92. The van der Waals surface area contributed by atoms with Crippen molar-refractivity contribution < 1.29 is 13.6 Å². The van der Waals surface area contributed by atoms with Crippen LogP contribution in [0.25, 0.3) is 6.08 Å². The SMILES string of the molecule is O=C(C=Cc1cnccn1)NCC1CCN(c2ccc(F)c(F)c2)C1. The molecule has 0 saturated carbocycles. The molecule has 2 heterocycles. The minimum absolute atomic E-state index is 0.197. The number of amides is 1. The van der Waals surface area contributed by atoms with E-state index >= 15 is 0 Å². The monoisotopic (exact) mass is 344 g/mol. The second-order valence-corrected chi connectivity index (χ2v) is 5.91. The molecule has 1 unspecified atom stereocenters. The predicted molar refractivity (Wildman–Crippen MR) is 90.8 cm³/mol. The van der Waals surface area contributed by atoms with Crippen molar-refractivity contribution in [1.82, 2.24) is 15.3 Å². The molecule has 5 nitrogen and oxygen atoms in total. The normalized spacial score (nSPS) is 17.2. The van der Waals surface area contributed by atoms with E-state index in [4.69, 9.17) is 0 Å². The lowest BCUT2D eigenvalue weighted by atomic mass is 10.1. The lowest BCUT2D eigenvalue weighted by Crippen LogP contribution is -2.29. The third-order valence-corrected chi connectivity index (χ3v) is 4.11. The van der Waals surface area contributed by atoms with Gasteiger partial charge in [-0.2, -0.15) is 0 Å². The number of hydrogen-bond donors (Lipinski definition) is 1. The van der Waals surface area contributed by atoms with Crippen molar-refractivity contribution in [3.05, 3.63) is 60.2 Å². The first-order chi connectivity index (χ1) is 12.1. The molecule has 1 aromatic heterocycles. The van der Waals surface area contributed by atoms with Crippen molar-refractivity contribution in [2.75, 3.05) is 24.5 Å². The van der Waals surface area contributed by atoms with Crippen LogP contribution >= 0.6 is 0 Å². The van der Waals surface area contributed by atoms with Crippen LogP contribution in [0.3, 0.4) is 0 Å². The van der Waals surface area contributed by atoms with Crippen LogP contribution in [0.2, 0.25) is 0 Å². The van der Waals surface area contributed by atoms with Crippen LogP contribution < -0.4 is 10.2 Å². The lowest BCUT2D eigenvalue weighted by molar-refractivity contribution is -0.116. The maximum absolute atomic E-state index is 13.3. The summed E-state index contributed by atoms with van der Waals surface area (Å²) in [6.07, 6.45) is 8.60. The van der Waals surface area contributed by atoms with Crippen LogP contribution in [0.5, 0.6) is 0 Å². The summed E-state index contributed by atoms with van der Waals surface area (Å²) in [5.74, 6) is -1.62. The summed E-state index contributed by atoms with van der Waals surface area (Å²) in [5, 5.41) is 2.85. The van der Waals surface area contributed by atoms with Gasteiger partial charge in [-0.3, -0.25) is 14.8 Å². The van der Waals surface area contributed by atoms with Crippen LogP contribution in [0.1, 0.15) is 12.1 Å². The minimum atomic E-state index is -0.846. The summed E-state index contributed by atoms with van der Waals surface area (Å²) in [5.41, 5.74) is 1.28. The second-order valence-electron chi connectivity index (χ2n) is 5.91. The predicted octanol–water partition coefficient (Wildman–Crippen LogP) is 2.41. The number of benzene rings is 1. The van der Waals surface area contributed by atoms with Crippen LogP contribution in [0.4, 0.5) is 14.5 Å². The lowest BCUT2D eigenvalue weighted by Gasteiger charge is -2.19. The van der Waals surface area contributed by atoms with Crippen LogP contribution in [0.15, 0.2) is 42.9 Å². The summed E-state index contributed by atoms with van der Waals surface area (Å²) in [7, 11) is 0. The maximum atomic E-state index is 13.3. The molecule has 1 aliphatic heterocycles. The zero-order chi connectivity index (χ0) is 17.6. The Hall–Kier alpha value is -2.83. The summed E-state index contributed by atoms with van der Waals surface area (Å²) in [6.45, 7) is 1.98. The van der Waals surface area contributed by atoms with Gasteiger partial charge in [0.25, 0.3) is 0 Å². The number of nitrogens with zero attached hydrogens (tertiary/aromatic N) is 3. The van der Waals surface area contributed by atoms with E-state index < -0.39 is 11.6 Å². The fourth-order valence-electron chi connectivity index (χ4n) is 2.78. The van der Waals surface area contributed by atoms with Gasteiger partial charge in [0.15, 0.2) is 11.6 Å². The van der Waals surface area contributed by atoms with Crippen molar-refractivity contribution in [2.24, 2.45) is 5.92 Å². The molecule has 25 heavy (non-hydrogen) atoms. The molecule has 130 valence electrons. The Morgan fingerprint density at radius 3 is 2.96 bits per heavy atom. The number of hydrogen-bond acceptors (Lipinski definition) is 4. The molecule has 0 radical (unpaired) electrons. The number of carbonyl (C=O) groups is 1. The molecule has 1 fully saturated rings. The molecule has 3 rings (SSSR count). The second kappa shape index (κ2) is 7.83. The van der Waals surface area contributed by atoms with Gasteiger partial charge in [0.1, 0.15) is 0 Å². The van der Waals surface area contributed by atoms with Crippen LogP contribution in [-0.2, 0) is 4.79 Å². The average Bonchev–Trinajstić information content (AvgIpc) is 3.10. The topological polar surface area (TPSA) is 58.1 Å².